The lowest BCUT2D eigenvalue weighted by molar-refractivity contribution is 0.0956. The zero-order valence-corrected chi connectivity index (χ0v) is 22.7. The third kappa shape index (κ3) is 5.41. The van der Waals surface area contributed by atoms with Crippen molar-refractivity contribution >= 4 is 28.9 Å². The molecule has 1 aliphatic heterocycles. The standard InChI is InChI=1S/C27H39ClN6O/c1-7-33(23-11-9-22(10-12-23)32(5)6)25-15-21(28)14-24(17(25)2)27(35)29-16-20-8-13-26-30-19(4)31-34(26)18(20)3/h14-15,22-23H,7-13,16H2,1-6H3,(H,29,35). The maximum atomic E-state index is 13.3. The maximum Gasteiger partial charge on any atom is 0.251 e. The lowest BCUT2D eigenvalue weighted by Gasteiger charge is -2.40. The number of halogens is 1. The molecule has 2 aromatic rings. The molecular weight excluding hydrogens is 460 g/mol. The number of benzene rings is 1. The summed E-state index contributed by atoms with van der Waals surface area (Å²) >= 11 is 6.56. The number of allylic oxidation sites excluding steroid dienone is 1. The Labute approximate surface area is 214 Å². The van der Waals surface area contributed by atoms with E-state index in [0.29, 0.717) is 29.2 Å². The Morgan fingerprint density at radius 1 is 1.11 bits per heavy atom. The van der Waals surface area contributed by atoms with Crippen LogP contribution in [0.25, 0.3) is 5.70 Å². The molecule has 4 rings (SSSR count). The molecule has 0 atom stereocenters. The van der Waals surface area contributed by atoms with Crippen molar-refractivity contribution in [1.82, 2.24) is 25.0 Å². The first-order valence-electron chi connectivity index (χ1n) is 12.8. The molecule has 1 saturated carbocycles. The molecule has 7 nitrogen and oxygen atoms in total. The van der Waals surface area contributed by atoms with Crippen LogP contribution in [-0.4, -0.2) is 64.8 Å². The largest absolute Gasteiger partial charge is 0.369 e. The summed E-state index contributed by atoms with van der Waals surface area (Å²) in [7, 11) is 4.34. The van der Waals surface area contributed by atoms with Crippen LogP contribution in [0.15, 0.2) is 17.7 Å². The van der Waals surface area contributed by atoms with Gasteiger partial charge in [0.25, 0.3) is 5.91 Å². The van der Waals surface area contributed by atoms with Gasteiger partial charge in [-0.05, 0) is 97.2 Å². The van der Waals surface area contributed by atoms with Crippen molar-refractivity contribution in [2.45, 2.75) is 78.3 Å². The van der Waals surface area contributed by atoms with Gasteiger partial charge in [-0.15, -0.1) is 0 Å². The summed E-state index contributed by atoms with van der Waals surface area (Å²) < 4.78 is 1.91. The fourth-order valence-corrected chi connectivity index (χ4v) is 5.90. The number of nitrogens with zero attached hydrogens (tertiary/aromatic N) is 5. The molecule has 1 aliphatic carbocycles. The van der Waals surface area contributed by atoms with Crippen molar-refractivity contribution in [2.24, 2.45) is 0 Å². The van der Waals surface area contributed by atoms with Crippen LogP contribution in [0.3, 0.4) is 0 Å². The van der Waals surface area contributed by atoms with E-state index in [9.17, 15) is 4.79 Å². The first kappa shape index (κ1) is 25.7. The van der Waals surface area contributed by atoms with Crippen molar-refractivity contribution in [3.8, 4) is 0 Å². The smallest absolute Gasteiger partial charge is 0.251 e. The Hall–Kier alpha value is -2.38. The third-order valence-electron chi connectivity index (χ3n) is 7.80. The number of carbonyl (C=O) groups excluding carboxylic acids is 1. The van der Waals surface area contributed by atoms with Gasteiger partial charge in [0.15, 0.2) is 0 Å². The zero-order chi connectivity index (χ0) is 25.3. The minimum absolute atomic E-state index is 0.0838. The summed E-state index contributed by atoms with van der Waals surface area (Å²) in [6, 6.07) is 4.95. The van der Waals surface area contributed by atoms with Crippen LogP contribution in [0.2, 0.25) is 5.02 Å². The molecule has 0 spiro atoms. The molecule has 0 unspecified atom stereocenters. The third-order valence-corrected chi connectivity index (χ3v) is 8.02. The highest BCUT2D eigenvalue weighted by Gasteiger charge is 2.28. The number of hydrogen-bond acceptors (Lipinski definition) is 5. The molecule has 35 heavy (non-hydrogen) atoms. The number of carbonyl (C=O) groups is 1. The van der Waals surface area contributed by atoms with Gasteiger partial charge in [-0.25, -0.2) is 9.67 Å². The molecule has 1 fully saturated rings. The number of aromatic nitrogens is 3. The number of anilines is 1. The summed E-state index contributed by atoms with van der Waals surface area (Å²) in [6.45, 7) is 9.58. The van der Waals surface area contributed by atoms with Gasteiger partial charge in [0.05, 0.1) is 0 Å². The molecule has 1 aromatic heterocycles. The summed E-state index contributed by atoms with van der Waals surface area (Å²) in [5, 5.41) is 8.25. The van der Waals surface area contributed by atoms with Crippen LogP contribution in [0.4, 0.5) is 5.69 Å². The molecule has 0 bridgehead atoms. The maximum absolute atomic E-state index is 13.3. The van der Waals surface area contributed by atoms with Gasteiger partial charge in [-0.3, -0.25) is 4.79 Å². The summed E-state index contributed by atoms with van der Waals surface area (Å²) in [6.07, 6.45) is 6.42. The fourth-order valence-electron chi connectivity index (χ4n) is 5.69. The van der Waals surface area contributed by atoms with Crippen LogP contribution in [0, 0.1) is 13.8 Å². The Balaban J connectivity index is 1.51. The lowest BCUT2D eigenvalue weighted by atomic mass is 9.89. The van der Waals surface area contributed by atoms with E-state index in [1.165, 1.54) is 18.4 Å². The zero-order valence-electron chi connectivity index (χ0n) is 22.0. The number of hydrogen-bond donors (Lipinski definition) is 1. The molecule has 0 radical (unpaired) electrons. The van der Waals surface area contributed by atoms with Crippen LogP contribution >= 0.6 is 11.6 Å². The van der Waals surface area contributed by atoms with E-state index in [4.69, 9.17) is 11.6 Å². The average molecular weight is 499 g/mol. The molecule has 8 heteroatoms. The minimum atomic E-state index is -0.0838. The average Bonchev–Trinajstić information content (AvgIpc) is 3.22. The van der Waals surface area contributed by atoms with Gasteiger partial charge in [-0.1, -0.05) is 11.6 Å². The van der Waals surface area contributed by atoms with E-state index in [-0.39, 0.29) is 5.91 Å². The summed E-state index contributed by atoms with van der Waals surface area (Å²) in [5.74, 6) is 1.69. The molecular formula is C27H39ClN6O. The van der Waals surface area contributed by atoms with E-state index in [0.717, 1.165) is 60.8 Å². The second-order valence-corrected chi connectivity index (χ2v) is 10.6. The van der Waals surface area contributed by atoms with Gasteiger partial charge in [0.2, 0.25) is 0 Å². The van der Waals surface area contributed by atoms with Crippen molar-refractivity contribution in [3.63, 3.8) is 0 Å². The highest BCUT2D eigenvalue weighted by Crippen LogP contribution is 2.34. The van der Waals surface area contributed by atoms with Crippen LogP contribution < -0.4 is 10.2 Å². The van der Waals surface area contributed by atoms with Crippen molar-refractivity contribution in [1.29, 1.82) is 0 Å². The quantitative estimate of drug-likeness (QED) is 0.590. The van der Waals surface area contributed by atoms with Crippen LogP contribution in [0.5, 0.6) is 0 Å². The Kier molecular flexibility index (Phi) is 7.86. The van der Waals surface area contributed by atoms with Gasteiger partial charge >= 0.3 is 0 Å². The Bertz CT molecular complexity index is 1110. The van der Waals surface area contributed by atoms with E-state index in [1.807, 2.05) is 31.5 Å². The molecule has 1 N–H and O–H groups in total. The fraction of sp³-hybridized carbons (Fsp3) is 0.593. The monoisotopic (exact) mass is 498 g/mol. The summed E-state index contributed by atoms with van der Waals surface area (Å²) in [5.41, 5.74) is 4.96. The lowest BCUT2D eigenvalue weighted by Crippen LogP contribution is -2.42. The first-order valence-corrected chi connectivity index (χ1v) is 13.2. The highest BCUT2D eigenvalue weighted by molar-refractivity contribution is 6.31. The SMILES string of the molecule is CCN(c1cc(Cl)cc(C(=O)NCC2=C(C)n3nc(C)nc3CC2)c1C)C1CCC(N(C)C)CC1. The van der Waals surface area contributed by atoms with E-state index in [2.05, 4.69) is 46.2 Å². The van der Waals surface area contributed by atoms with Crippen molar-refractivity contribution in [2.75, 3.05) is 32.1 Å². The van der Waals surface area contributed by atoms with E-state index >= 15 is 0 Å². The Morgan fingerprint density at radius 2 is 1.80 bits per heavy atom. The second kappa shape index (κ2) is 10.7. The van der Waals surface area contributed by atoms with E-state index < -0.39 is 0 Å². The number of fused-ring (bicyclic) bond motifs is 1. The predicted molar refractivity (Wildman–Crippen MR) is 143 cm³/mol. The number of aryl methyl sites for hydroxylation is 2. The minimum Gasteiger partial charge on any atom is -0.369 e. The van der Waals surface area contributed by atoms with Gasteiger partial charge in [0.1, 0.15) is 11.6 Å². The molecule has 2 aliphatic rings. The second-order valence-electron chi connectivity index (χ2n) is 10.2. The number of rotatable bonds is 7. The predicted octanol–water partition coefficient (Wildman–Crippen LogP) is 4.85. The molecule has 1 amide bonds. The van der Waals surface area contributed by atoms with Crippen molar-refractivity contribution < 1.29 is 4.79 Å². The summed E-state index contributed by atoms with van der Waals surface area (Å²) in [4.78, 5) is 22.6. The van der Waals surface area contributed by atoms with E-state index in [1.54, 1.807) is 6.07 Å². The first-order chi connectivity index (χ1) is 16.7. The molecule has 190 valence electrons. The van der Waals surface area contributed by atoms with Gasteiger partial charge in [0, 0.05) is 53.6 Å². The number of amides is 1. The molecule has 1 aromatic carbocycles. The van der Waals surface area contributed by atoms with Crippen LogP contribution in [-0.2, 0) is 6.42 Å². The molecule has 2 heterocycles. The Morgan fingerprint density at radius 3 is 2.46 bits per heavy atom. The van der Waals surface area contributed by atoms with Gasteiger partial charge in [-0.2, -0.15) is 5.10 Å². The van der Waals surface area contributed by atoms with Crippen molar-refractivity contribution in [3.05, 3.63) is 45.5 Å². The molecule has 0 saturated heterocycles. The van der Waals surface area contributed by atoms with Gasteiger partial charge < -0.3 is 15.1 Å². The van der Waals surface area contributed by atoms with Crippen LogP contribution in [0.1, 0.15) is 73.5 Å². The highest BCUT2D eigenvalue weighted by atomic mass is 35.5. The number of nitrogens with one attached hydrogen (secondary N) is 1. The normalized spacial score (nSPS) is 20.2. The topological polar surface area (TPSA) is 66.3 Å².